The molecule has 0 aliphatic heterocycles. The van der Waals surface area contributed by atoms with E-state index in [2.05, 4.69) is 10.6 Å². The Kier molecular flexibility index (Phi) is 4.77. The lowest BCUT2D eigenvalue weighted by atomic mass is 10.4. The standard InChI is InChI=1S/C10H13N3O3S/c1-7(9(14)12-10(15)11-2)17-8-5-3-4-6-13(8)16/h3-7H,1-2H3,(H2,11,12,14,15). The minimum atomic E-state index is -0.564. The van der Waals surface area contributed by atoms with E-state index in [1.165, 1.54) is 13.2 Å². The predicted octanol–water partition coefficient (Wildman–Crippen LogP) is 0.256. The van der Waals surface area contributed by atoms with Crippen LogP contribution in [0, 0.1) is 5.21 Å². The number of hydrogen-bond acceptors (Lipinski definition) is 4. The van der Waals surface area contributed by atoms with Crippen molar-refractivity contribution in [3.63, 3.8) is 0 Å². The van der Waals surface area contributed by atoms with Crippen LogP contribution in [0.5, 0.6) is 0 Å². The Morgan fingerprint density at radius 2 is 2.18 bits per heavy atom. The first-order valence-electron chi connectivity index (χ1n) is 4.92. The van der Waals surface area contributed by atoms with E-state index in [1.807, 2.05) is 0 Å². The summed E-state index contributed by atoms with van der Waals surface area (Å²) in [6.07, 6.45) is 1.35. The summed E-state index contributed by atoms with van der Waals surface area (Å²) in [5.41, 5.74) is 0. The fourth-order valence-corrected chi connectivity index (χ4v) is 1.86. The van der Waals surface area contributed by atoms with Crippen molar-refractivity contribution in [3.05, 3.63) is 29.6 Å². The van der Waals surface area contributed by atoms with E-state index < -0.39 is 17.2 Å². The molecule has 1 aromatic rings. The van der Waals surface area contributed by atoms with Crippen LogP contribution < -0.4 is 15.4 Å². The van der Waals surface area contributed by atoms with Gasteiger partial charge in [-0.25, -0.2) is 4.79 Å². The third kappa shape index (κ3) is 3.95. The van der Waals surface area contributed by atoms with E-state index in [4.69, 9.17) is 0 Å². The first-order chi connectivity index (χ1) is 8.04. The van der Waals surface area contributed by atoms with Crippen LogP contribution in [0.3, 0.4) is 0 Å². The van der Waals surface area contributed by atoms with Crippen molar-refractivity contribution in [3.8, 4) is 0 Å². The number of pyridine rings is 1. The van der Waals surface area contributed by atoms with E-state index in [-0.39, 0.29) is 0 Å². The molecular weight excluding hydrogens is 242 g/mol. The zero-order valence-electron chi connectivity index (χ0n) is 9.47. The number of carbonyl (C=O) groups excluding carboxylic acids is 2. The summed E-state index contributed by atoms with van der Waals surface area (Å²) in [5.74, 6) is -0.446. The lowest BCUT2D eigenvalue weighted by molar-refractivity contribution is -0.645. The molecule has 0 saturated heterocycles. The van der Waals surface area contributed by atoms with Gasteiger partial charge in [0.2, 0.25) is 5.91 Å². The highest BCUT2D eigenvalue weighted by Crippen LogP contribution is 2.19. The number of imide groups is 1. The topological polar surface area (TPSA) is 85.1 Å². The second kappa shape index (κ2) is 6.09. The van der Waals surface area contributed by atoms with Gasteiger partial charge < -0.3 is 10.5 Å². The molecule has 1 rings (SSSR count). The van der Waals surface area contributed by atoms with Crippen LogP contribution in [0.15, 0.2) is 29.4 Å². The summed E-state index contributed by atoms with van der Waals surface area (Å²) in [7, 11) is 1.42. The van der Waals surface area contributed by atoms with Crippen molar-refractivity contribution >= 4 is 23.7 Å². The molecule has 6 nitrogen and oxygen atoms in total. The highest BCUT2D eigenvalue weighted by molar-refractivity contribution is 8.00. The Morgan fingerprint density at radius 3 is 2.76 bits per heavy atom. The summed E-state index contributed by atoms with van der Waals surface area (Å²) >= 11 is 1.09. The molecule has 1 atom stereocenters. The third-order valence-corrected chi connectivity index (χ3v) is 3.04. The summed E-state index contributed by atoms with van der Waals surface area (Å²) in [5, 5.41) is 15.6. The van der Waals surface area contributed by atoms with Gasteiger partial charge in [-0.05, 0) is 24.8 Å². The molecule has 0 aliphatic carbocycles. The maximum Gasteiger partial charge on any atom is 0.321 e. The van der Waals surface area contributed by atoms with Crippen LogP contribution >= 0.6 is 11.8 Å². The second-order valence-corrected chi connectivity index (χ2v) is 4.55. The maximum atomic E-state index is 11.5. The first kappa shape index (κ1) is 13.3. The molecule has 1 heterocycles. The van der Waals surface area contributed by atoms with Gasteiger partial charge in [0.15, 0.2) is 6.20 Å². The van der Waals surface area contributed by atoms with Crippen LogP contribution in [0.2, 0.25) is 0 Å². The monoisotopic (exact) mass is 255 g/mol. The fourth-order valence-electron chi connectivity index (χ4n) is 1.01. The van der Waals surface area contributed by atoms with Crippen molar-refractivity contribution < 1.29 is 14.3 Å². The number of urea groups is 1. The molecule has 2 N–H and O–H groups in total. The molecule has 0 aromatic carbocycles. The number of aromatic nitrogens is 1. The molecule has 0 bridgehead atoms. The number of thioether (sulfide) groups is 1. The molecule has 0 fully saturated rings. The van der Waals surface area contributed by atoms with Gasteiger partial charge in [-0.2, -0.15) is 4.73 Å². The Hall–Kier alpha value is -1.76. The Bertz CT molecular complexity index is 425. The molecule has 17 heavy (non-hydrogen) atoms. The zero-order valence-corrected chi connectivity index (χ0v) is 10.3. The SMILES string of the molecule is CNC(=O)NC(=O)C(C)Sc1cccc[n+]1[O-]. The number of carbonyl (C=O) groups is 2. The summed E-state index contributed by atoms with van der Waals surface area (Å²) in [6, 6.07) is 4.36. The molecule has 92 valence electrons. The number of rotatable bonds is 3. The van der Waals surface area contributed by atoms with Crippen LogP contribution in [-0.4, -0.2) is 24.2 Å². The van der Waals surface area contributed by atoms with E-state index in [1.54, 1.807) is 25.1 Å². The van der Waals surface area contributed by atoms with Crippen molar-refractivity contribution in [2.75, 3.05) is 7.05 Å². The van der Waals surface area contributed by atoms with Gasteiger partial charge in [-0.1, -0.05) is 0 Å². The smallest absolute Gasteiger partial charge is 0.321 e. The average Bonchev–Trinajstić information content (AvgIpc) is 2.31. The van der Waals surface area contributed by atoms with Crippen LogP contribution in [0.4, 0.5) is 4.79 Å². The predicted molar refractivity (Wildman–Crippen MR) is 63.3 cm³/mol. The Labute approximate surface area is 103 Å². The van der Waals surface area contributed by atoms with Crippen molar-refractivity contribution in [1.29, 1.82) is 0 Å². The minimum absolute atomic E-state index is 0.409. The van der Waals surface area contributed by atoms with Gasteiger partial charge in [-0.15, -0.1) is 0 Å². The molecular formula is C10H13N3O3S. The number of nitrogens with one attached hydrogen (secondary N) is 2. The summed E-state index contributed by atoms with van der Waals surface area (Å²) in [4.78, 5) is 22.5. The summed E-state index contributed by atoms with van der Waals surface area (Å²) < 4.78 is 0.675. The molecule has 1 unspecified atom stereocenters. The quantitative estimate of drug-likeness (QED) is 0.461. The van der Waals surface area contributed by atoms with Crippen LogP contribution in [0.25, 0.3) is 0 Å². The number of hydrogen-bond donors (Lipinski definition) is 2. The molecule has 0 radical (unpaired) electrons. The highest BCUT2D eigenvalue weighted by atomic mass is 32.2. The molecule has 3 amide bonds. The van der Waals surface area contributed by atoms with Gasteiger partial charge >= 0.3 is 6.03 Å². The molecule has 1 aromatic heterocycles. The zero-order chi connectivity index (χ0) is 12.8. The van der Waals surface area contributed by atoms with E-state index in [9.17, 15) is 14.8 Å². The fraction of sp³-hybridized carbons (Fsp3) is 0.300. The van der Waals surface area contributed by atoms with Gasteiger partial charge in [0.05, 0.1) is 5.25 Å². The van der Waals surface area contributed by atoms with Gasteiger partial charge in [-0.3, -0.25) is 10.1 Å². The van der Waals surface area contributed by atoms with Crippen molar-refractivity contribution in [2.45, 2.75) is 17.2 Å². The normalized spacial score (nSPS) is 11.6. The first-order valence-corrected chi connectivity index (χ1v) is 5.80. The van der Waals surface area contributed by atoms with Crippen molar-refractivity contribution in [2.24, 2.45) is 0 Å². The van der Waals surface area contributed by atoms with Gasteiger partial charge in [0.25, 0.3) is 5.03 Å². The minimum Gasteiger partial charge on any atom is -0.618 e. The van der Waals surface area contributed by atoms with Gasteiger partial charge in [0.1, 0.15) is 0 Å². The average molecular weight is 255 g/mol. The second-order valence-electron chi connectivity index (χ2n) is 3.19. The Balaban J connectivity index is 2.60. The molecule has 0 saturated carbocycles. The lowest BCUT2D eigenvalue weighted by Gasteiger charge is -2.10. The maximum absolute atomic E-state index is 11.5. The van der Waals surface area contributed by atoms with E-state index in [0.29, 0.717) is 9.76 Å². The van der Waals surface area contributed by atoms with Crippen molar-refractivity contribution in [1.82, 2.24) is 10.6 Å². The molecule has 0 aliphatic rings. The molecule has 0 spiro atoms. The third-order valence-electron chi connectivity index (χ3n) is 1.92. The highest BCUT2D eigenvalue weighted by Gasteiger charge is 2.19. The van der Waals surface area contributed by atoms with Gasteiger partial charge in [0, 0.05) is 19.2 Å². The number of nitrogens with zero attached hydrogens (tertiary/aromatic N) is 1. The largest absolute Gasteiger partial charge is 0.618 e. The van der Waals surface area contributed by atoms with Crippen LogP contribution in [0.1, 0.15) is 6.92 Å². The summed E-state index contributed by atoms with van der Waals surface area (Å²) in [6.45, 7) is 1.62. The number of amides is 3. The van der Waals surface area contributed by atoms with E-state index >= 15 is 0 Å². The molecule has 7 heteroatoms. The lowest BCUT2D eigenvalue weighted by Crippen LogP contribution is -2.41. The van der Waals surface area contributed by atoms with E-state index in [0.717, 1.165) is 11.8 Å². The Morgan fingerprint density at radius 1 is 1.47 bits per heavy atom. The van der Waals surface area contributed by atoms with Crippen LogP contribution in [-0.2, 0) is 4.79 Å².